The summed E-state index contributed by atoms with van der Waals surface area (Å²) >= 11 is 11.6. The molecule has 0 N–H and O–H groups in total. The Morgan fingerprint density at radius 1 is 1.04 bits per heavy atom. The maximum atomic E-state index is 5.82. The molecule has 0 aromatic carbocycles. The highest BCUT2D eigenvalue weighted by Gasteiger charge is 2.18. The van der Waals surface area contributed by atoms with Crippen molar-refractivity contribution in [2.24, 2.45) is 4.99 Å². The molecule has 3 rings (SSSR count). The minimum absolute atomic E-state index is 0.479. The number of pyridine rings is 2. The lowest BCUT2D eigenvalue weighted by Gasteiger charge is -2.29. The van der Waals surface area contributed by atoms with Gasteiger partial charge in [0.2, 0.25) is 0 Å². The van der Waals surface area contributed by atoms with Crippen LogP contribution in [0.3, 0.4) is 0 Å². The molecule has 120 valence electrons. The molecular formula is C16H16Cl2N4O. The van der Waals surface area contributed by atoms with Gasteiger partial charge in [-0.05, 0) is 29.7 Å². The molecule has 23 heavy (non-hydrogen) atoms. The monoisotopic (exact) mass is 350 g/mol. The van der Waals surface area contributed by atoms with Crippen molar-refractivity contribution < 1.29 is 4.74 Å². The molecule has 0 atom stereocenters. The fourth-order valence-corrected chi connectivity index (χ4v) is 2.50. The summed E-state index contributed by atoms with van der Waals surface area (Å²) in [6, 6.07) is 8.08. The third kappa shape index (κ3) is 4.56. The number of hydrogen-bond acceptors (Lipinski definition) is 4. The second-order valence-electron chi connectivity index (χ2n) is 5.20. The Bertz CT molecular complexity index is 673. The van der Waals surface area contributed by atoms with Crippen LogP contribution in [-0.2, 0) is 17.8 Å². The highest BCUT2D eigenvalue weighted by Crippen LogP contribution is 2.14. The minimum atomic E-state index is 0.479. The molecule has 7 heteroatoms. The van der Waals surface area contributed by atoms with Crippen LogP contribution in [0.1, 0.15) is 17.5 Å². The zero-order chi connectivity index (χ0) is 16.1. The number of amidine groups is 1. The van der Waals surface area contributed by atoms with Crippen molar-refractivity contribution >= 4 is 29.2 Å². The molecule has 2 aromatic heterocycles. The molecule has 0 radical (unpaired) electrons. The molecule has 1 saturated heterocycles. The number of aliphatic imine (C=N–C) groups is 1. The van der Waals surface area contributed by atoms with Crippen molar-refractivity contribution in [1.82, 2.24) is 14.9 Å². The predicted octanol–water partition coefficient (Wildman–Crippen LogP) is 3.56. The van der Waals surface area contributed by atoms with Gasteiger partial charge in [-0.3, -0.25) is 0 Å². The van der Waals surface area contributed by atoms with E-state index in [1.807, 2.05) is 12.1 Å². The maximum absolute atomic E-state index is 5.82. The van der Waals surface area contributed by atoms with Crippen molar-refractivity contribution in [3.8, 4) is 0 Å². The molecule has 0 unspecified atom stereocenters. The average Bonchev–Trinajstić information content (AvgIpc) is 2.58. The van der Waals surface area contributed by atoms with Crippen molar-refractivity contribution in [3.63, 3.8) is 0 Å². The van der Waals surface area contributed by atoms with Crippen molar-refractivity contribution in [3.05, 3.63) is 58.1 Å². The molecule has 0 bridgehead atoms. The molecule has 2 aromatic rings. The number of hydrogen-bond donors (Lipinski definition) is 0. The second kappa shape index (κ2) is 7.62. The lowest BCUT2D eigenvalue weighted by Crippen LogP contribution is -2.38. The molecule has 0 amide bonds. The first kappa shape index (κ1) is 16.0. The van der Waals surface area contributed by atoms with Crippen LogP contribution in [-0.4, -0.2) is 34.0 Å². The van der Waals surface area contributed by atoms with Gasteiger partial charge in [-0.15, -0.1) is 0 Å². The Labute approximate surface area is 144 Å². The van der Waals surface area contributed by atoms with E-state index in [1.54, 1.807) is 24.5 Å². The number of rotatable bonds is 4. The zero-order valence-electron chi connectivity index (χ0n) is 12.5. The van der Waals surface area contributed by atoms with E-state index in [-0.39, 0.29) is 0 Å². The summed E-state index contributed by atoms with van der Waals surface area (Å²) in [5.41, 5.74) is 2.06. The molecule has 0 aliphatic carbocycles. The van der Waals surface area contributed by atoms with Gasteiger partial charge in [-0.25, -0.2) is 15.0 Å². The smallest absolute Gasteiger partial charge is 0.287 e. The van der Waals surface area contributed by atoms with E-state index < -0.39 is 0 Å². The minimum Gasteiger partial charge on any atom is -0.465 e. The van der Waals surface area contributed by atoms with E-state index >= 15 is 0 Å². The molecule has 1 aliphatic heterocycles. The number of nitrogens with zero attached hydrogens (tertiary/aromatic N) is 4. The quantitative estimate of drug-likeness (QED) is 0.791. The van der Waals surface area contributed by atoms with Crippen LogP contribution >= 0.6 is 23.2 Å². The summed E-state index contributed by atoms with van der Waals surface area (Å²) in [6.45, 7) is 2.80. The van der Waals surface area contributed by atoms with Gasteiger partial charge >= 0.3 is 0 Å². The van der Waals surface area contributed by atoms with E-state index in [0.717, 1.165) is 24.1 Å². The van der Waals surface area contributed by atoms with Crippen LogP contribution < -0.4 is 0 Å². The van der Waals surface area contributed by atoms with Crippen LogP contribution in [0.25, 0.3) is 0 Å². The van der Waals surface area contributed by atoms with E-state index in [9.17, 15) is 0 Å². The molecule has 3 heterocycles. The lowest BCUT2D eigenvalue weighted by atomic mass is 10.2. The van der Waals surface area contributed by atoms with E-state index in [0.29, 0.717) is 36.0 Å². The average molecular weight is 351 g/mol. The highest BCUT2D eigenvalue weighted by molar-refractivity contribution is 6.29. The fourth-order valence-electron chi connectivity index (χ4n) is 2.28. The summed E-state index contributed by atoms with van der Waals surface area (Å²) in [5, 5.41) is 0.972. The van der Waals surface area contributed by atoms with Crippen LogP contribution in [0.15, 0.2) is 41.7 Å². The van der Waals surface area contributed by atoms with Gasteiger partial charge in [0.1, 0.15) is 10.3 Å². The van der Waals surface area contributed by atoms with Crippen LogP contribution in [0.4, 0.5) is 0 Å². The van der Waals surface area contributed by atoms with Crippen molar-refractivity contribution in [2.75, 3.05) is 13.2 Å². The van der Waals surface area contributed by atoms with Crippen molar-refractivity contribution in [2.45, 2.75) is 19.5 Å². The Kier molecular flexibility index (Phi) is 5.31. The van der Waals surface area contributed by atoms with Crippen molar-refractivity contribution in [1.29, 1.82) is 0 Å². The Morgan fingerprint density at radius 3 is 2.39 bits per heavy atom. The molecule has 1 fully saturated rings. The normalized spacial score (nSPS) is 16.4. The molecule has 5 nitrogen and oxygen atoms in total. The number of aromatic nitrogens is 2. The van der Waals surface area contributed by atoms with Gasteiger partial charge < -0.3 is 9.64 Å². The van der Waals surface area contributed by atoms with E-state index in [4.69, 9.17) is 27.9 Å². The first-order chi connectivity index (χ1) is 11.2. The Morgan fingerprint density at radius 2 is 1.74 bits per heavy atom. The van der Waals surface area contributed by atoms with Crippen LogP contribution in [0.2, 0.25) is 10.3 Å². The molecule has 1 aliphatic rings. The van der Waals surface area contributed by atoms with Gasteiger partial charge in [0.15, 0.2) is 0 Å². The maximum Gasteiger partial charge on any atom is 0.287 e. The largest absolute Gasteiger partial charge is 0.465 e. The van der Waals surface area contributed by atoms with Crippen LogP contribution in [0, 0.1) is 0 Å². The SMILES string of the molecule is Clc1ccc(C/N=C2/OCCCN2Cc2ccc(Cl)nc2)cn1. The Hall–Kier alpha value is -1.85. The molecule has 0 spiro atoms. The van der Waals surface area contributed by atoms with Gasteiger partial charge in [-0.2, -0.15) is 0 Å². The predicted molar refractivity (Wildman–Crippen MR) is 90.6 cm³/mol. The number of halogens is 2. The number of ether oxygens (including phenoxy) is 1. The Balaban J connectivity index is 1.69. The fraction of sp³-hybridized carbons (Fsp3) is 0.312. The first-order valence-corrected chi connectivity index (χ1v) is 8.09. The van der Waals surface area contributed by atoms with Gasteiger partial charge in [0, 0.05) is 25.5 Å². The standard InChI is InChI=1S/C16H16Cl2N4O/c17-14-4-2-12(8-19-14)9-21-16-22(6-1-7-23-16)11-13-3-5-15(18)20-10-13/h2-5,8,10H,1,6-7,9,11H2/b21-16+. The lowest BCUT2D eigenvalue weighted by molar-refractivity contribution is 0.169. The zero-order valence-corrected chi connectivity index (χ0v) is 14.0. The van der Waals surface area contributed by atoms with E-state index in [2.05, 4.69) is 19.9 Å². The molecular weight excluding hydrogens is 335 g/mol. The van der Waals surface area contributed by atoms with Gasteiger partial charge in [-0.1, -0.05) is 35.3 Å². The summed E-state index contributed by atoms with van der Waals surface area (Å²) in [5.74, 6) is 0. The third-order valence-electron chi connectivity index (χ3n) is 3.42. The summed E-state index contributed by atoms with van der Waals surface area (Å²) in [4.78, 5) is 14.8. The summed E-state index contributed by atoms with van der Waals surface area (Å²) in [6.07, 6.45) is 4.48. The first-order valence-electron chi connectivity index (χ1n) is 7.34. The second-order valence-corrected chi connectivity index (χ2v) is 5.98. The third-order valence-corrected chi connectivity index (χ3v) is 3.87. The topological polar surface area (TPSA) is 50.6 Å². The summed E-state index contributed by atoms with van der Waals surface area (Å²) in [7, 11) is 0. The summed E-state index contributed by atoms with van der Waals surface area (Å²) < 4.78 is 5.71. The van der Waals surface area contributed by atoms with Gasteiger partial charge in [0.05, 0.1) is 13.2 Å². The highest BCUT2D eigenvalue weighted by atomic mass is 35.5. The molecule has 0 saturated carbocycles. The van der Waals surface area contributed by atoms with Gasteiger partial charge in [0.25, 0.3) is 6.02 Å². The van der Waals surface area contributed by atoms with Crippen LogP contribution in [0.5, 0.6) is 0 Å². The van der Waals surface area contributed by atoms with E-state index in [1.165, 1.54) is 0 Å².